The summed E-state index contributed by atoms with van der Waals surface area (Å²) in [6, 6.07) is 11.5. The fourth-order valence-corrected chi connectivity index (χ4v) is 2.20. The van der Waals surface area contributed by atoms with Crippen molar-refractivity contribution in [2.24, 2.45) is 0 Å². The average molecular weight is 350 g/mol. The van der Waals surface area contributed by atoms with Gasteiger partial charge in [0.25, 0.3) is 0 Å². The molecule has 5 heteroatoms. The zero-order valence-electron chi connectivity index (χ0n) is 14.4. The summed E-state index contributed by atoms with van der Waals surface area (Å²) in [5.41, 5.74) is 8.53. The minimum atomic E-state index is 0. The van der Waals surface area contributed by atoms with Crippen LogP contribution in [0.2, 0.25) is 0 Å². The first kappa shape index (κ1) is 19.7. The molecule has 0 aromatic heterocycles. The molecule has 0 bridgehead atoms. The Kier molecular flexibility index (Phi) is 7.46. The normalized spacial score (nSPS) is 10.5. The summed E-state index contributed by atoms with van der Waals surface area (Å²) in [4.78, 5) is 0. The highest BCUT2D eigenvalue weighted by atomic mass is 35.5. The van der Waals surface area contributed by atoms with Gasteiger partial charge in [-0.2, -0.15) is 0 Å². The third-order valence-corrected chi connectivity index (χ3v) is 3.23. The van der Waals surface area contributed by atoms with Crippen molar-refractivity contribution in [1.82, 2.24) is 0 Å². The second-order valence-corrected chi connectivity index (χ2v) is 5.44. The number of ether oxygens (including phenoxy) is 3. The Morgan fingerprint density at radius 3 is 2.12 bits per heavy atom. The number of hydrogen-bond acceptors (Lipinski definition) is 4. The van der Waals surface area contributed by atoms with Crippen LogP contribution < -0.4 is 19.9 Å². The third-order valence-electron chi connectivity index (χ3n) is 3.23. The zero-order valence-corrected chi connectivity index (χ0v) is 15.2. The van der Waals surface area contributed by atoms with Crippen molar-refractivity contribution in [2.45, 2.75) is 20.0 Å². The largest absolute Gasteiger partial charge is 0.497 e. The SMILES string of the molecule is COc1cc(/C=C\c2ccc(OC)c(N)c2)cc(OC(C)C)c1.Cl. The van der Waals surface area contributed by atoms with Crippen LogP contribution in [0.4, 0.5) is 5.69 Å². The van der Waals surface area contributed by atoms with Gasteiger partial charge >= 0.3 is 0 Å². The monoisotopic (exact) mass is 349 g/mol. The molecule has 0 unspecified atom stereocenters. The summed E-state index contributed by atoms with van der Waals surface area (Å²) in [5.74, 6) is 2.22. The Morgan fingerprint density at radius 2 is 1.54 bits per heavy atom. The van der Waals surface area contributed by atoms with E-state index in [0.29, 0.717) is 11.4 Å². The van der Waals surface area contributed by atoms with Gasteiger partial charge in [0.1, 0.15) is 17.2 Å². The van der Waals surface area contributed by atoms with Crippen LogP contribution in [0.15, 0.2) is 36.4 Å². The van der Waals surface area contributed by atoms with Crippen LogP contribution in [0.25, 0.3) is 12.2 Å². The molecule has 0 radical (unpaired) electrons. The van der Waals surface area contributed by atoms with Crippen LogP contribution in [0, 0.1) is 0 Å². The van der Waals surface area contributed by atoms with Gasteiger partial charge in [0, 0.05) is 6.07 Å². The fraction of sp³-hybridized carbons (Fsp3) is 0.263. The Hall–Kier alpha value is -2.33. The number of halogens is 1. The van der Waals surface area contributed by atoms with Gasteiger partial charge in [0.15, 0.2) is 0 Å². The topological polar surface area (TPSA) is 53.7 Å². The summed E-state index contributed by atoms with van der Waals surface area (Å²) in [7, 11) is 3.25. The molecule has 0 amide bonds. The molecule has 0 aliphatic carbocycles. The van der Waals surface area contributed by atoms with E-state index < -0.39 is 0 Å². The van der Waals surface area contributed by atoms with Gasteiger partial charge in [-0.15, -0.1) is 12.4 Å². The van der Waals surface area contributed by atoms with Crippen molar-refractivity contribution in [3.63, 3.8) is 0 Å². The van der Waals surface area contributed by atoms with Crippen LogP contribution in [-0.2, 0) is 0 Å². The number of benzene rings is 2. The van der Waals surface area contributed by atoms with Crippen molar-refractivity contribution in [3.05, 3.63) is 47.5 Å². The van der Waals surface area contributed by atoms with Crippen molar-refractivity contribution < 1.29 is 14.2 Å². The van der Waals surface area contributed by atoms with Gasteiger partial charge in [-0.25, -0.2) is 0 Å². The molecule has 0 fully saturated rings. The lowest BCUT2D eigenvalue weighted by atomic mass is 10.1. The van der Waals surface area contributed by atoms with Crippen molar-refractivity contribution >= 4 is 30.2 Å². The van der Waals surface area contributed by atoms with Gasteiger partial charge in [-0.3, -0.25) is 0 Å². The predicted octanol–water partition coefficient (Wildman–Crippen LogP) is 4.67. The quantitative estimate of drug-likeness (QED) is 0.608. The van der Waals surface area contributed by atoms with E-state index in [1.165, 1.54) is 0 Å². The van der Waals surface area contributed by atoms with Crippen LogP contribution in [-0.4, -0.2) is 20.3 Å². The molecule has 0 saturated carbocycles. The Labute approximate surface area is 149 Å². The number of nitrogens with two attached hydrogens (primary N) is 1. The minimum absolute atomic E-state index is 0. The standard InChI is InChI=1S/C19H23NO3.ClH/c1-13(2)23-17-10-15(9-16(12-17)21-3)6-5-14-7-8-19(22-4)18(20)11-14;/h5-13H,20H2,1-4H3;1H/b6-5-;. The maximum absolute atomic E-state index is 5.93. The number of rotatable bonds is 6. The lowest BCUT2D eigenvalue weighted by Crippen LogP contribution is -2.05. The summed E-state index contributed by atoms with van der Waals surface area (Å²) in [6.45, 7) is 3.99. The summed E-state index contributed by atoms with van der Waals surface area (Å²) < 4.78 is 16.2. The smallest absolute Gasteiger partial charge is 0.141 e. The molecule has 2 rings (SSSR count). The molecule has 0 aliphatic rings. The van der Waals surface area contributed by atoms with Crippen LogP contribution in [0.3, 0.4) is 0 Å². The maximum atomic E-state index is 5.93. The van der Waals surface area contributed by atoms with Gasteiger partial charge in [-0.1, -0.05) is 18.2 Å². The number of methoxy groups -OCH3 is 2. The van der Waals surface area contributed by atoms with E-state index in [4.69, 9.17) is 19.9 Å². The Bertz CT molecular complexity index is 699. The van der Waals surface area contributed by atoms with Crippen LogP contribution in [0.5, 0.6) is 17.2 Å². The van der Waals surface area contributed by atoms with Gasteiger partial charge in [0.05, 0.1) is 26.0 Å². The molecule has 0 atom stereocenters. The van der Waals surface area contributed by atoms with Gasteiger partial charge in [0.2, 0.25) is 0 Å². The van der Waals surface area contributed by atoms with Crippen LogP contribution in [0.1, 0.15) is 25.0 Å². The predicted molar refractivity (Wildman–Crippen MR) is 102 cm³/mol. The average Bonchev–Trinajstić information content (AvgIpc) is 2.52. The molecule has 2 aromatic carbocycles. The number of anilines is 1. The first-order chi connectivity index (χ1) is 11.0. The first-order valence-electron chi connectivity index (χ1n) is 7.49. The van der Waals surface area contributed by atoms with Crippen molar-refractivity contribution in [2.75, 3.05) is 20.0 Å². The highest BCUT2D eigenvalue weighted by molar-refractivity contribution is 5.85. The Morgan fingerprint density at radius 1 is 0.875 bits per heavy atom. The molecular formula is C19H24ClNO3. The van der Waals surface area contributed by atoms with E-state index in [0.717, 1.165) is 22.6 Å². The maximum Gasteiger partial charge on any atom is 0.141 e. The first-order valence-corrected chi connectivity index (χ1v) is 7.49. The minimum Gasteiger partial charge on any atom is -0.497 e. The third kappa shape index (κ3) is 5.39. The highest BCUT2D eigenvalue weighted by Crippen LogP contribution is 2.26. The lowest BCUT2D eigenvalue weighted by molar-refractivity contribution is 0.241. The zero-order chi connectivity index (χ0) is 16.8. The molecule has 0 aliphatic heterocycles. The van der Waals surface area contributed by atoms with E-state index >= 15 is 0 Å². The van der Waals surface area contributed by atoms with Gasteiger partial charge in [-0.05, 0) is 49.2 Å². The summed E-state index contributed by atoms with van der Waals surface area (Å²) >= 11 is 0. The van der Waals surface area contributed by atoms with E-state index in [9.17, 15) is 0 Å². The lowest BCUT2D eigenvalue weighted by Gasteiger charge is -2.12. The second kappa shape index (κ2) is 9.08. The molecule has 24 heavy (non-hydrogen) atoms. The molecule has 4 nitrogen and oxygen atoms in total. The molecule has 2 N–H and O–H groups in total. The number of nitrogen functional groups attached to an aromatic ring is 1. The van der Waals surface area contributed by atoms with Crippen molar-refractivity contribution in [3.8, 4) is 17.2 Å². The van der Waals surface area contributed by atoms with E-state index in [2.05, 4.69) is 0 Å². The number of hydrogen-bond donors (Lipinski definition) is 1. The Balaban J connectivity index is 0.00000288. The van der Waals surface area contributed by atoms with Gasteiger partial charge < -0.3 is 19.9 Å². The highest BCUT2D eigenvalue weighted by Gasteiger charge is 2.03. The summed E-state index contributed by atoms with van der Waals surface area (Å²) in [5, 5.41) is 0. The van der Waals surface area contributed by atoms with E-state index in [1.54, 1.807) is 14.2 Å². The molecule has 130 valence electrons. The fourth-order valence-electron chi connectivity index (χ4n) is 2.20. The molecule has 2 aromatic rings. The molecule has 0 heterocycles. The summed E-state index contributed by atoms with van der Waals surface area (Å²) in [6.07, 6.45) is 4.10. The second-order valence-electron chi connectivity index (χ2n) is 5.44. The molecular weight excluding hydrogens is 326 g/mol. The van der Waals surface area contributed by atoms with E-state index in [1.807, 2.05) is 62.4 Å². The molecule has 0 spiro atoms. The van der Waals surface area contributed by atoms with Crippen LogP contribution >= 0.6 is 12.4 Å². The molecule has 0 saturated heterocycles. The van der Waals surface area contributed by atoms with Crippen molar-refractivity contribution in [1.29, 1.82) is 0 Å². The van der Waals surface area contributed by atoms with E-state index in [-0.39, 0.29) is 18.5 Å².